The molecule has 0 aliphatic carbocycles. The van der Waals surface area contributed by atoms with Crippen molar-refractivity contribution in [2.75, 3.05) is 17.2 Å². The van der Waals surface area contributed by atoms with Crippen molar-refractivity contribution in [3.05, 3.63) is 93.0 Å². The van der Waals surface area contributed by atoms with Crippen molar-refractivity contribution in [1.29, 1.82) is 0 Å². The molecule has 2 spiro atoms. The Bertz CT molecular complexity index is 1560. The molecule has 37 heavy (non-hydrogen) atoms. The van der Waals surface area contributed by atoms with Crippen LogP contribution in [0.5, 0.6) is 0 Å². The average molecular weight is 532 g/mol. The second-order valence-electron chi connectivity index (χ2n) is 10.4. The molecule has 2 amide bonds. The normalized spacial score (nSPS) is 29.4. The van der Waals surface area contributed by atoms with Crippen molar-refractivity contribution in [3.8, 4) is 0 Å². The highest BCUT2D eigenvalue weighted by Gasteiger charge is 2.78. The second-order valence-corrected chi connectivity index (χ2v) is 11.3. The standard InChI is InChI=1S/C29H23Cl2N3O3/c1-15-8-11-22-19(13-15)29(27(37)33-22)25(24(35)17-10-9-16(30)14-20(17)31)28(23-7-4-12-34(23)29)18-5-2-3-6-21(18)32-26(28)36/h2-3,5-6,8-11,13-14,23,25H,4,7,12H2,1H3,(H,32,36)(H,33,37). The molecule has 6 nitrogen and oxygen atoms in total. The van der Waals surface area contributed by atoms with E-state index in [-0.39, 0.29) is 34.2 Å². The van der Waals surface area contributed by atoms with Gasteiger partial charge in [0.1, 0.15) is 11.0 Å². The van der Waals surface area contributed by atoms with Crippen LogP contribution in [-0.2, 0) is 20.5 Å². The minimum absolute atomic E-state index is 0.199. The summed E-state index contributed by atoms with van der Waals surface area (Å²) < 4.78 is 0. The first kappa shape index (κ1) is 23.0. The van der Waals surface area contributed by atoms with E-state index in [1.165, 1.54) is 6.07 Å². The third-order valence-corrected chi connectivity index (χ3v) is 9.29. The number of carbonyl (C=O) groups excluding carboxylic acids is 3. The molecule has 8 heteroatoms. The number of ketones is 1. The van der Waals surface area contributed by atoms with Gasteiger partial charge < -0.3 is 10.6 Å². The number of hydrogen-bond donors (Lipinski definition) is 2. The molecule has 4 heterocycles. The number of amides is 2. The third-order valence-electron chi connectivity index (χ3n) is 8.74. The molecule has 2 fully saturated rings. The predicted octanol–water partition coefficient (Wildman–Crippen LogP) is 5.32. The zero-order valence-electron chi connectivity index (χ0n) is 20.0. The summed E-state index contributed by atoms with van der Waals surface area (Å²) in [5.41, 5.74) is 1.44. The van der Waals surface area contributed by atoms with Crippen molar-refractivity contribution in [2.24, 2.45) is 5.92 Å². The van der Waals surface area contributed by atoms with Crippen LogP contribution in [0.1, 0.15) is 39.9 Å². The minimum Gasteiger partial charge on any atom is -0.325 e. The number of nitrogens with zero attached hydrogens (tertiary/aromatic N) is 1. The number of nitrogens with one attached hydrogen (secondary N) is 2. The van der Waals surface area contributed by atoms with E-state index in [9.17, 15) is 14.4 Å². The summed E-state index contributed by atoms with van der Waals surface area (Å²) in [5, 5.41) is 6.72. The van der Waals surface area contributed by atoms with Gasteiger partial charge in [-0.2, -0.15) is 0 Å². The molecule has 0 bridgehead atoms. The van der Waals surface area contributed by atoms with Gasteiger partial charge in [0.05, 0.1) is 10.9 Å². The Kier molecular flexibility index (Phi) is 4.76. The van der Waals surface area contributed by atoms with Gasteiger partial charge in [-0.15, -0.1) is 0 Å². The van der Waals surface area contributed by atoms with Crippen molar-refractivity contribution in [2.45, 2.75) is 36.8 Å². The molecule has 7 rings (SSSR count). The first-order valence-corrected chi connectivity index (χ1v) is 13.2. The first-order valence-electron chi connectivity index (χ1n) is 12.4. The Balaban J connectivity index is 1.60. The van der Waals surface area contributed by atoms with E-state index in [0.29, 0.717) is 29.4 Å². The van der Waals surface area contributed by atoms with Crippen LogP contribution in [-0.4, -0.2) is 35.1 Å². The van der Waals surface area contributed by atoms with Gasteiger partial charge in [0.2, 0.25) is 11.8 Å². The van der Waals surface area contributed by atoms with E-state index < -0.39 is 16.9 Å². The summed E-state index contributed by atoms with van der Waals surface area (Å²) in [5.74, 6) is -1.92. The summed E-state index contributed by atoms with van der Waals surface area (Å²) >= 11 is 12.8. The zero-order chi connectivity index (χ0) is 25.7. The molecule has 4 unspecified atom stereocenters. The number of rotatable bonds is 2. The molecule has 4 aliphatic heterocycles. The van der Waals surface area contributed by atoms with Crippen LogP contribution in [0.4, 0.5) is 11.4 Å². The number of anilines is 2. The number of aryl methyl sites for hydroxylation is 1. The molecular weight excluding hydrogens is 509 g/mol. The van der Waals surface area contributed by atoms with Crippen LogP contribution >= 0.6 is 23.2 Å². The van der Waals surface area contributed by atoms with Crippen LogP contribution in [0.15, 0.2) is 60.7 Å². The summed E-state index contributed by atoms with van der Waals surface area (Å²) in [6, 6.07) is 17.7. The largest absolute Gasteiger partial charge is 0.325 e. The van der Waals surface area contributed by atoms with Gasteiger partial charge in [-0.25, -0.2) is 0 Å². The van der Waals surface area contributed by atoms with E-state index in [0.717, 1.165) is 23.1 Å². The minimum atomic E-state index is -1.36. The van der Waals surface area contributed by atoms with Gasteiger partial charge in [0, 0.05) is 33.6 Å². The SMILES string of the molecule is Cc1ccc2c(c1)C1(C(=O)N2)C(C(=O)c2ccc(Cl)cc2Cl)C2(C(=O)Nc3ccccc32)C2CCCN21. The van der Waals surface area contributed by atoms with Crippen LogP contribution in [0.3, 0.4) is 0 Å². The maximum absolute atomic E-state index is 14.8. The zero-order valence-corrected chi connectivity index (χ0v) is 21.5. The van der Waals surface area contributed by atoms with Gasteiger partial charge in [-0.05, 0) is 62.2 Å². The van der Waals surface area contributed by atoms with Crippen molar-refractivity contribution in [3.63, 3.8) is 0 Å². The predicted molar refractivity (Wildman–Crippen MR) is 142 cm³/mol. The molecular formula is C29H23Cl2N3O3. The lowest BCUT2D eigenvalue weighted by Gasteiger charge is -2.38. The molecule has 2 N–H and O–H groups in total. The van der Waals surface area contributed by atoms with Crippen LogP contribution < -0.4 is 10.6 Å². The average Bonchev–Trinajstić information content (AvgIpc) is 3.58. The maximum Gasteiger partial charge on any atom is 0.250 e. The number of para-hydroxylation sites is 1. The van der Waals surface area contributed by atoms with Crippen LogP contribution in [0.25, 0.3) is 0 Å². The summed E-state index contributed by atoms with van der Waals surface area (Å²) in [7, 11) is 0. The lowest BCUT2D eigenvalue weighted by atomic mass is 9.60. The van der Waals surface area contributed by atoms with E-state index in [4.69, 9.17) is 23.2 Å². The first-order chi connectivity index (χ1) is 17.8. The molecule has 0 radical (unpaired) electrons. The molecule has 3 aromatic rings. The van der Waals surface area contributed by atoms with Gasteiger partial charge in [-0.3, -0.25) is 19.3 Å². The van der Waals surface area contributed by atoms with Crippen molar-refractivity contribution in [1.82, 2.24) is 4.90 Å². The fourth-order valence-electron chi connectivity index (χ4n) is 7.50. The Hall–Kier alpha value is -3.19. The number of halogens is 2. The lowest BCUT2D eigenvalue weighted by molar-refractivity contribution is -0.128. The highest BCUT2D eigenvalue weighted by Crippen LogP contribution is 2.66. The molecule has 0 saturated carbocycles. The topological polar surface area (TPSA) is 78.5 Å². The van der Waals surface area contributed by atoms with Gasteiger partial charge >= 0.3 is 0 Å². The molecule has 4 aliphatic rings. The van der Waals surface area contributed by atoms with E-state index in [1.54, 1.807) is 12.1 Å². The summed E-state index contributed by atoms with van der Waals surface area (Å²) in [6.45, 7) is 2.56. The highest BCUT2D eigenvalue weighted by atomic mass is 35.5. The number of benzene rings is 3. The Morgan fingerprint density at radius 1 is 0.946 bits per heavy atom. The molecule has 4 atom stereocenters. The fraction of sp³-hybridized carbons (Fsp3) is 0.276. The smallest absolute Gasteiger partial charge is 0.250 e. The lowest BCUT2D eigenvalue weighted by Crippen LogP contribution is -2.55. The Morgan fingerprint density at radius 3 is 2.51 bits per heavy atom. The summed E-state index contributed by atoms with van der Waals surface area (Å²) in [4.78, 5) is 45.4. The Morgan fingerprint density at radius 2 is 1.70 bits per heavy atom. The van der Waals surface area contributed by atoms with Crippen LogP contribution in [0.2, 0.25) is 10.0 Å². The number of Topliss-reactive ketones (excluding diaryl/α,β-unsaturated/α-hetero) is 1. The molecule has 2 saturated heterocycles. The van der Waals surface area contributed by atoms with E-state index in [1.807, 2.05) is 49.4 Å². The monoisotopic (exact) mass is 531 g/mol. The quantitative estimate of drug-likeness (QED) is 0.439. The molecule has 3 aromatic carbocycles. The van der Waals surface area contributed by atoms with Gasteiger partial charge in [-0.1, -0.05) is 59.1 Å². The maximum atomic E-state index is 14.8. The fourth-order valence-corrected chi connectivity index (χ4v) is 8.01. The number of hydrogen-bond acceptors (Lipinski definition) is 4. The van der Waals surface area contributed by atoms with Gasteiger partial charge in [0.15, 0.2) is 5.78 Å². The van der Waals surface area contributed by atoms with Crippen LogP contribution in [0, 0.1) is 12.8 Å². The highest BCUT2D eigenvalue weighted by molar-refractivity contribution is 6.37. The summed E-state index contributed by atoms with van der Waals surface area (Å²) in [6.07, 6.45) is 1.51. The third kappa shape index (κ3) is 2.68. The second kappa shape index (κ2) is 7.67. The van der Waals surface area contributed by atoms with E-state index in [2.05, 4.69) is 15.5 Å². The Labute approximate surface area is 223 Å². The number of fused-ring (bicyclic) bond motifs is 7. The van der Waals surface area contributed by atoms with E-state index >= 15 is 0 Å². The van der Waals surface area contributed by atoms with Crippen molar-refractivity contribution < 1.29 is 14.4 Å². The molecule has 186 valence electrons. The number of carbonyl (C=O) groups is 3. The van der Waals surface area contributed by atoms with Gasteiger partial charge in [0.25, 0.3) is 0 Å². The molecule has 0 aromatic heterocycles. The van der Waals surface area contributed by atoms with Crippen molar-refractivity contribution >= 4 is 52.2 Å².